The summed E-state index contributed by atoms with van der Waals surface area (Å²) in [6.07, 6.45) is 0. The third-order valence-electron chi connectivity index (χ3n) is 4.53. The summed E-state index contributed by atoms with van der Waals surface area (Å²) in [5, 5.41) is 1.47. The summed E-state index contributed by atoms with van der Waals surface area (Å²) in [6.45, 7) is 2.05. The van der Waals surface area contributed by atoms with Gasteiger partial charge in [-0.3, -0.25) is 0 Å². The maximum absolute atomic E-state index is 12.5. The highest BCUT2D eigenvalue weighted by atomic mass is 16.5. The Morgan fingerprint density at radius 2 is 1.38 bits per heavy atom. The van der Waals surface area contributed by atoms with Crippen LogP contribution in [0.2, 0.25) is 0 Å². The van der Waals surface area contributed by atoms with Crippen LogP contribution in [0.25, 0.3) is 33.2 Å². The summed E-state index contributed by atoms with van der Waals surface area (Å²) >= 11 is 0. The Balaban J connectivity index is 2.06. The predicted octanol–water partition coefficient (Wildman–Crippen LogP) is 5.44. The van der Waals surface area contributed by atoms with Gasteiger partial charge < -0.3 is 9.15 Å². The summed E-state index contributed by atoms with van der Waals surface area (Å²) < 4.78 is 11.0. The Hall–Kier alpha value is -3.33. The minimum absolute atomic E-state index is 0.331. The molecule has 26 heavy (non-hydrogen) atoms. The van der Waals surface area contributed by atoms with Crippen molar-refractivity contribution in [2.75, 3.05) is 7.11 Å². The molecule has 0 saturated carbocycles. The zero-order valence-electron chi connectivity index (χ0n) is 14.7. The summed E-state index contributed by atoms with van der Waals surface area (Å²) in [6, 6.07) is 23.3. The van der Waals surface area contributed by atoms with E-state index in [9.17, 15) is 4.79 Å². The van der Waals surface area contributed by atoms with Gasteiger partial charge in [0.1, 0.15) is 11.5 Å². The number of ether oxygens (including phenoxy) is 1. The molecule has 0 aliphatic carbocycles. The number of benzene rings is 3. The Morgan fingerprint density at radius 1 is 0.769 bits per heavy atom. The van der Waals surface area contributed by atoms with Gasteiger partial charge >= 0.3 is 5.63 Å². The van der Waals surface area contributed by atoms with Crippen molar-refractivity contribution in [3.05, 3.63) is 88.8 Å². The average molecular weight is 342 g/mol. The largest absolute Gasteiger partial charge is 0.497 e. The summed E-state index contributed by atoms with van der Waals surface area (Å²) in [7, 11) is 1.63. The van der Waals surface area contributed by atoms with Gasteiger partial charge in [0.25, 0.3) is 0 Å². The van der Waals surface area contributed by atoms with Crippen LogP contribution in [0.5, 0.6) is 5.75 Å². The van der Waals surface area contributed by atoms with E-state index in [1.54, 1.807) is 13.2 Å². The molecule has 0 aliphatic heterocycles. The van der Waals surface area contributed by atoms with Gasteiger partial charge in [-0.25, -0.2) is 4.79 Å². The second-order valence-electron chi connectivity index (χ2n) is 6.23. The van der Waals surface area contributed by atoms with Crippen LogP contribution in [0.15, 0.2) is 82.0 Å². The van der Waals surface area contributed by atoms with Crippen LogP contribution in [-0.4, -0.2) is 7.11 Å². The molecule has 3 aromatic carbocycles. The lowest BCUT2D eigenvalue weighted by Crippen LogP contribution is -2.03. The smallest absolute Gasteiger partial charge is 0.344 e. The van der Waals surface area contributed by atoms with Gasteiger partial charge in [0.05, 0.1) is 12.5 Å². The van der Waals surface area contributed by atoms with Crippen molar-refractivity contribution in [2.45, 2.75) is 6.92 Å². The molecule has 128 valence electrons. The molecule has 0 unspecified atom stereocenters. The first-order valence-electron chi connectivity index (χ1n) is 8.44. The van der Waals surface area contributed by atoms with Crippen molar-refractivity contribution >= 4 is 10.8 Å². The van der Waals surface area contributed by atoms with Crippen molar-refractivity contribution in [1.82, 2.24) is 0 Å². The number of hydrogen-bond acceptors (Lipinski definition) is 3. The fourth-order valence-electron chi connectivity index (χ4n) is 3.15. The van der Waals surface area contributed by atoms with Crippen molar-refractivity contribution in [1.29, 1.82) is 0 Å². The van der Waals surface area contributed by atoms with E-state index in [0.717, 1.165) is 27.8 Å². The van der Waals surface area contributed by atoms with E-state index in [2.05, 4.69) is 31.2 Å². The highest BCUT2D eigenvalue weighted by molar-refractivity contribution is 6.01. The lowest BCUT2D eigenvalue weighted by atomic mass is 9.95. The van der Waals surface area contributed by atoms with Gasteiger partial charge in [-0.05, 0) is 42.8 Å². The molecule has 0 bridgehead atoms. The Labute approximate surface area is 151 Å². The Bertz CT molecular complexity index is 1120. The van der Waals surface area contributed by atoms with Crippen LogP contribution in [0, 0.1) is 6.92 Å². The molecule has 4 rings (SSSR count). The highest BCUT2D eigenvalue weighted by Crippen LogP contribution is 2.37. The molecule has 0 N–H and O–H groups in total. The van der Waals surface area contributed by atoms with Gasteiger partial charge in [0.2, 0.25) is 0 Å². The zero-order valence-corrected chi connectivity index (χ0v) is 14.7. The van der Waals surface area contributed by atoms with Gasteiger partial charge in [-0.15, -0.1) is 0 Å². The highest BCUT2D eigenvalue weighted by Gasteiger charge is 2.17. The lowest BCUT2D eigenvalue weighted by Gasteiger charge is -2.13. The van der Waals surface area contributed by atoms with E-state index >= 15 is 0 Å². The molecule has 0 atom stereocenters. The first-order valence-corrected chi connectivity index (χ1v) is 8.44. The maximum atomic E-state index is 12.5. The summed E-state index contributed by atoms with van der Waals surface area (Å²) in [4.78, 5) is 12.5. The fraction of sp³-hybridized carbons (Fsp3) is 0.0870. The van der Waals surface area contributed by atoms with Crippen LogP contribution >= 0.6 is 0 Å². The average Bonchev–Trinajstić information content (AvgIpc) is 2.69. The number of fused-ring (bicyclic) bond motifs is 1. The molecule has 0 fully saturated rings. The van der Waals surface area contributed by atoms with Crippen LogP contribution in [0.4, 0.5) is 0 Å². The molecule has 0 radical (unpaired) electrons. The monoisotopic (exact) mass is 342 g/mol. The molecule has 1 aromatic heterocycles. The molecule has 4 aromatic rings. The standard InChI is InChI=1S/C23H18O3/c1-15-7-9-16(10-8-15)21-19-5-3-4-6-20(19)23(24)26-22(21)17-11-13-18(25-2)14-12-17/h3-14H,1-2H3. The van der Waals surface area contributed by atoms with E-state index in [1.165, 1.54) is 5.56 Å². The zero-order chi connectivity index (χ0) is 18.1. The lowest BCUT2D eigenvalue weighted by molar-refractivity contribution is 0.415. The van der Waals surface area contributed by atoms with Crippen molar-refractivity contribution < 1.29 is 9.15 Å². The van der Waals surface area contributed by atoms with E-state index in [4.69, 9.17) is 9.15 Å². The maximum Gasteiger partial charge on any atom is 0.344 e. The van der Waals surface area contributed by atoms with E-state index in [0.29, 0.717) is 11.1 Å². The first-order chi connectivity index (χ1) is 12.7. The van der Waals surface area contributed by atoms with Gasteiger partial charge in [0.15, 0.2) is 0 Å². The second-order valence-corrected chi connectivity index (χ2v) is 6.23. The van der Waals surface area contributed by atoms with E-state index in [1.807, 2.05) is 42.5 Å². The molecule has 3 nitrogen and oxygen atoms in total. The molecular formula is C23H18O3. The fourth-order valence-corrected chi connectivity index (χ4v) is 3.15. The summed E-state index contributed by atoms with van der Waals surface area (Å²) in [5.41, 5.74) is 3.62. The molecule has 3 heteroatoms. The summed E-state index contributed by atoms with van der Waals surface area (Å²) in [5.74, 6) is 1.33. The van der Waals surface area contributed by atoms with Crippen molar-refractivity contribution in [2.24, 2.45) is 0 Å². The van der Waals surface area contributed by atoms with Gasteiger partial charge in [-0.2, -0.15) is 0 Å². The number of aryl methyl sites for hydroxylation is 1. The topological polar surface area (TPSA) is 39.4 Å². The van der Waals surface area contributed by atoms with Crippen LogP contribution in [-0.2, 0) is 0 Å². The quantitative estimate of drug-likeness (QED) is 0.497. The molecule has 0 spiro atoms. The van der Waals surface area contributed by atoms with E-state index < -0.39 is 0 Å². The van der Waals surface area contributed by atoms with Gasteiger partial charge in [0, 0.05) is 16.5 Å². The number of rotatable bonds is 3. The Morgan fingerprint density at radius 3 is 2.04 bits per heavy atom. The minimum Gasteiger partial charge on any atom is -0.497 e. The first kappa shape index (κ1) is 16.2. The SMILES string of the molecule is COc1ccc(-c2oc(=O)c3ccccc3c2-c2ccc(C)cc2)cc1. The molecule has 0 amide bonds. The van der Waals surface area contributed by atoms with Gasteiger partial charge in [-0.1, -0.05) is 48.0 Å². The van der Waals surface area contributed by atoms with Crippen LogP contribution < -0.4 is 10.4 Å². The normalized spacial score (nSPS) is 10.8. The molecule has 0 saturated heterocycles. The molecule has 0 aliphatic rings. The third kappa shape index (κ3) is 2.78. The van der Waals surface area contributed by atoms with Crippen molar-refractivity contribution in [3.63, 3.8) is 0 Å². The van der Waals surface area contributed by atoms with Crippen LogP contribution in [0.3, 0.4) is 0 Å². The Kier molecular flexibility index (Phi) is 4.05. The third-order valence-corrected chi connectivity index (χ3v) is 4.53. The predicted molar refractivity (Wildman–Crippen MR) is 105 cm³/mol. The molecule has 1 heterocycles. The van der Waals surface area contributed by atoms with Crippen LogP contribution in [0.1, 0.15) is 5.56 Å². The molecular weight excluding hydrogens is 324 g/mol. The number of hydrogen-bond donors (Lipinski definition) is 0. The van der Waals surface area contributed by atoms with E-state index in [-0.39, 0.29) is 5.63 Å². The second kappa shape index (κ2) is 6.52. The number of methoxy groups -OCH3 is 1. The minimum atomic E-state index is -0.331. The van der Waals surface area contributed by atoms with Crippen molar-refractivity contribution in [3.8, 4) is 28.2 Å².